The van der Waals surface area contributed by atoms with Crippen molar-refractivity contribution in [1.82, 2.24) is 5.43 Å². The monoisotopic (exact) mass is 381 g/mol. The van der Waals surface area contributed by atoms with Gasteiger partial charge in [-0.1, -0.05) is 26.0 Å². The summed E-state index contributed by atoms with van der Waals surface area (Å²) in [7, 11) is 0. The zero-order valence-electron chi connectivity index (χ0n) is 17.0. The maximum atomic E-state index is 13.2. The number of rotatable bonds is 5. The molecule has 5 heteroatoms. The Hall–Kier alpha value is -2.69. The predicted molar refractivity (Wildman–Crippen MR) is 113 cm³/mol. The molecule has 0 bridgehead atoms. The lowest BCUT2D eigenvalue weighted by atomic mass is 9.79. The van der Waals surface area contributed by atoms with E-state index in [0.29, 0.717) is 5.92 Å². The summed E-state index contributed by atoms with van der Waals surface area (Å²) < 4.78 is 13.2. The third-order valence-electron chi connectivity index (χ3n) is 5.32. The van der Waals surface area contributed by atoms with E-state index in [9.17, 15) is 9.18 Å². The van der Waals surface area contributed by atoms with Gasteiger partial charge in [0.05, 0.1) is 6.21 Å². The average molecular weight is 381 g/mol. The summed E-state index contributed by atoms with van der Waals surface area (Å²) in [6.07, 6.45) is 3.83. The second-order valence-corrected chi connectivity index (χ2v) is 8.10. The molecule has 3 rings (SSSR count). The third-order valence-corrected chi connectivity index (χ3v) is 5.32. The van der Waals surface area contributed by atoms with Crippen LogP contribution in [0.1, 0.15) is 67.9 Å². The topological polar surface area (TPSA) is 44.7 Å². The molecule has 1 atom stereocenters. The van der Waals surface area contributed by atoms with E-state index in [2.05, 4.69) is 55.3 Å². The Labute approximate surface area is 166 Å². The van der Waals surface area contributed by atoms with Gasteiger partial charge in [-0.15, -0.1) is 0 Å². The molecule has 1 aliphatic rings. The molecule has 0 saturated carbocycles. The summed E-state index contributed by atoms with van der Waals surface area (Å²) in [4.78, 5) is 14.6. The molecule has 148 valence electrons. The minimum absolute atomic E-state index is 0.136. The van der Waals surface area contributed by atoms with Crippen LogP contribution < -0.4 is 10.3 Å². The van der Waals surface area contributed by atoms with Crippen molar-refractivity contribution >= 4 is 17.8 Å². The molecular weight excluding hydrogens is 353 g/mol. The first-order chi connectivity index (χ1) is 13.3. The van der Waals surface area contributed by atoms with Gasteiger partial charge in [-0.25, -0.2) is 9.82 Å². The van der Waals surface area contributed by atoms with Gasteiger partial charge in [0, 0.05) is 23.3 Å². The molecule has 1 N–H and O–H groups in total. The predicted octanol–water partition coefficient (Wildman–Crippen LogP) is 5.09. The first-order valence-corrected chi connectivity index (χ1v) is 9.82. The van der Waals surface area contributed by atoms with Gasteiger partial charge in [0.2, 0.25) is 0 Å². The normalized spacial score (nSPS) is 18.2. The molecule has 1 amide bonds. The largest absolute Gasteiger partial charge is 0.366 e. The minimum Gasteiger partial charge on any atom is -0.366 e. The Morgan fingerprint density at radius 3 is 2.82 bits per heavy atom. The summed E-state index contributed by atoms with van der Waals surface area (Å²) in [5.41, 5.74) is 6.37. The fraction of sp³-hybridized carbons (Fsp3) is 0.391. The molecule has 1 heterocycles. The number of carbonyl (C=O) groups excluding carboxylic acids is 1. The minimum atomic E-state index is -0.445. The summed E-state index contributed by atoms with van der Waals surface area (Å²) in [6, 6.07) is 11.9. The maximum Gasteiger partial charge on any atom is 0.271 e. The number of hydrogen-bond acceptors (Lipinski definition) is 3. The van der Waals surface area contributed by atoms with Crippen LogP contribution in [-0.4, -0.2) is 24.2 Å². The molecule has 1 unspecified atom stereocenters. The first kappa shape index (κ1) is 20.1. The molecule has 2 aromatic carbocycles. The number of fused-ring (bicyclic) bond motifs is 1. The Morgan fingerprint density at radius 1 is 1.32 bits per heavy atom. The van der Waals surface area contributed by atoms with Gasteiger partial charge in [-0.05, 0) is 74.1 Å². The van der Waals surface area contributed by atoms with Crippen molar-refractivity contribution in [1.29, 1.82) is 0 Å². The van der Waals surface area contributed by atoms with E-state index in [4.69, 9.17) is 0 Å². The second-order valence-electron chi connectivity index (χ2n) is 8.10. The van der Waals surface area contributed by atoms with Crippen molar-refractivity contribution in [3.05, 3.63) is 65.0 Å². The number of benzene rings is 2. The van der Waals surface area contributed by atoms with Crippen LogP contribution in [0.25, 0.3) is 0 Å². The molecule has 0 saturated heterocycles. The Kier molecular flexibility index (Phi) is 5.82. The van der Waals surface area contributed by atoms with Gasteiger partial charge in [-0.2, -0.15) is 5.10 Å². The number of nitrogens with one attached hydrogen (secondary N) is 1. The first-order valence-electron chi connectivity index (χ1n) is 9.82. The van der Waals surface area contributed by atoms with Crippen LogP contribution in [-0.2, 0) is 0 Å². The van der Waals surface area contributed by atoms with E-state index in [-0.39, 0.29) is 11.1 Å². The summed E-state index contributed by atoms with van der Waals surface area (Å²) >= 11 is 0. The molecule has 0 fully saturated rings. The number of amides is 1. The third kappa shape index (κ3) is 4.24. The highest BCUT2D eigenvalue weighted by molar-refractivity contribution is 5.94. The summed E-state index contributed by atoms with van der Waals surface area (Å²) in [5, 5.41) is 4.04. The van der Waals surface area contributed by atoms with Gasteiger partial charge in [0.1, 0.15) is 5.82 Å². The van der Waals surface area contributed by atoms with Gasteiger partial charge >= 0.3 is 0 Å². The van der Waals surface area contributed by atoms with Crippen molar-refractivity contribution in [2.45, 2.75) is 52.0 Å². The quantitative estimate of drug-likeness (QED) is 0.579. The van der Waals surface area contributed by atoms with E-state index < -0.39 is 11.7 Å². The highest BCUT2D eigenvalue weighted by Crippen LogP contribution is 2.43. The average Bonchev–Trinajstić information content (AvgIpc) is 2.65. The molecule has 0 aromatic heterocycles. The Morgan fingerprint density at radius 2 is 2.11 bits per heavy atom. The number of nitrogens with zero attached hydrogens (tertiary/aromatic N) is 2. The van der Waals surface area contributed by atoms with E-state index in [1.807, 2.05) is 6.07 Å². The van der Waals surface area contributed by atoms with Crippen LogP contribution in [0.4, 0.5) is 10.1 Å². The van der Waals surface area contributed by atoms with Crippen molar-refractivity contribution in [2.75, 3.05) is 11.4 Å². The fourth-order valence-electron chi connectivity index (χ4n) is 4.10. The molecular formula is C23H28FN3O. The zero-order valence-corrected chi connectivity index (χ0v) is 17.0. The lowest BCUT2D eigenvalue weighted by Gasteiger charge is -2.47. The molecule has 28 heavy (non-hydrogen) atoms. The fourth-order valence-corrected chi connectivity index (χ4v) is 4.10. The van der Waals surface area contributed by atoms with Crippen molar-refractivity contribution in [3.63, 3.8) is 0 Å². The van der Waals surface area contributed by atoms with Crippen LogP contribution in [0.2, 0.25) is 0 Å². The summed E-state index contributed by atoms with van der Waals surface area (Å²) in [5.74, 6) is -0.425. The molecule has 2 aromatic rings. The van der Waals surface area contributed by atoms with Gasteiger partial charge in [-0.3, -0.25) is 4.79 Å². The van der Waals surface area contributed by atoms with E-state index in [1.165, 1.54) is 29.4 Å². The number of hydrazone groups is 1. The molecule has 4 nitrogen and oxygen atoms in total. The lowest BCUT2D eigenvalue weighted by Crippen LogP contribution is -2.48. The van der Waals surface area contributed by atoms with Gasteiger partial charge in [0.15, 0.2) is 0 Å². The van der Waals surface area contributed by atoms with E-state index in [0.717, 1.165) is 24.9 Å². The number of hydrogen-bond donors (Lipinski definition) is 1. The number of carbonyl (C=O) groups is 1. The number of anilines is 1. The van der Waals surface area contributed by atoms with Crippen molar-refractivity contribution in [3.8, 4) is 0 Å². The van der Waals surface area contributed by atoms with Gasteiger partial charge < -0.3 is 4.90 Å². The van der Waals surface area contributed by atoms with Crippen molar-refractivity contribution < 1.29 is 9.18 Å². The van der Waals surface area contributed by atoms with Crippen molar-refractivity contribution in [2.24, 2.45) is 5.10 Å². The van der Waals surface area contributed by atoms with Crippen LogP contribution in [0.5, 0.6) is 0 Å². The van der Waals surface area contributed by atoms with E-state index in [1.54, 1.807) is 12.3 Å². The van der Waals surface area contributed by atoms with Crippen LogP contribution >= 0.6 is 0 Å². The van der Waals surface area contributed by atoms with Crippen LogP contribution in [0.15, 0.2) is 47.6 Å². The van der Waals surface area contributed by atoms with Crippen LogP contribution in [0.3, 0.4) is 0 Å². The Bertz CT molecular complexity index is 891. The highest BCUT2D eigenvalue weighted by atomic mass is 19.1. The SMILES string of the molecule is CCCN1c2ccc(/C=N\NC(=O)c3cccc(F)c3)cc2C(C)CC1(C)C. The molecule has 0 radical (unpaired) electrons. The molecule has 0 aliphatic carbocycles. The lowest BCUT2D eigenvalue weighted by molar-refractivity contribution is 0.0954. The van der Waals surface area contributed by atoms with E-state index >= 15 is 0 Å². The number of halogens is 1. The standard InChI is InChI=1S/C23H28FN3O/c1-5-11-27-21-10-9-17(12-20(21)16(2)14-23(27,3)4)15-25-26-22(28)18-7-6-8-19(24)13-18/h6-10,12-13,15-16H,5,11,14H2,1-4H3,(H,26,28)/b25-15-. The molecule has 1 aliphatic heterocycles. The zero-order chi connectivity index (χ0) is 20.3. The Balaban J connectivity index is 1.77. The maximum absolute atomic E-state index is 13.2. The highest BCUT2D eigenvalue weighted by Gasteiger charge is 2.35. The molecule has 0 spiro atoms. The van der Waals surface area contributed by atoms with Crippen LogP contribution in [0, 0.1) is 5.82 Å². The van der Waals surface area contributed by atoms with Gasteiger partial charge in [0.25, 0.3) is 5.91 Å². The summed E-state index contributed by atoms with van der Waals surface area (Å²) in [6.45, 7) is 10.1. The smallest absolute Gasteiger partial charge is 0.271 e. The second kappa shape index (κ2) is 8.13.